The van der Waals surface area contributed by atoms with Gasteiger partial charge in [0, 0.05) is 40.4 Å². The molecule has 22 nitrogen and oxygen atoms in total. The zero-order valence-electron chi connectivity index (χ0n) is 55.6. The molecule has 0 radical (unpaired) electrons. The van der Waals surface area contributed by atoms with Crippen LogP contribution in [0.2, 0.25) is 0 Å². The molecule has 3 unspecified atom stereocenters. The first-order valence-electron chi connectivity index (χ1n) is 32.1. The quantitative estimate of drug-likeness (QED) is 0.0976. The largest absolute Gasteiger partial charge is 0.481 e. The number of benzene rings is 6. The fourth-order valence-electron chi connectivity index (χ4n) is 11.1. The standard InChI is InChI=1S/C13H14N2O3.2C13H16N2O.C12H10N2O3.2C12H12N2O.2CH4/c1-14-10-5-3-9(4-6-10)12-7-11(8-13(16)17)18-15(12)2;2*1-4-12-9-13(15(3)16-12)10-5-7-11(14-2)8-6-10;1-13-9-4-2-8(3-5-9)11-6-10(17-14-11)7-12(15)16;2*1-3-11-8-12(14-15-11)9-4-6-10(13-2)7-5-9;;/h3-6,11-12H,7-8H2,2H3,(H,16,17);2*5-8,12-13H,4,9H2,1,3H3;2-5,10H,6-7H2,(H,15,16);2*4-7,11H,3,8H2,1H3;2*1H4/t11-,12+;12-,13-;;10-;11-;;;/m11.11.../s1. The summed E-state index contributed by atoms with van der Waals surface area (Å²) in [5, 5.41) is 34.9. The average molecular weight is 1340 g/mol. The molecule has 3 saturated heterocycles. The third-order valence-electron chi connectivity index (χ3n) is 16.8. The van der Waals surface area contributed by atoms with Crippen molar-refractivity contribution in [2.45, 2.75) is 174 Å². The maximum atomic E-state index is 10.7. The molecule has 0 bridgehead atoms. The van der Waals surface area contributed by atoms with E-state index in [4.69, 9.17) is 78.7 Å². The van der Waals surface area contributed by atoms with Gasteiger partial charge in [-0.3, -0.25) is 24.1 Å². The number of aliphatic carboxylic acids is 2. The summed E-state index contributed by atoms with van der Waals surface area (Å²) < 4.78 is 0. The van der Waals surface area contributed by atoms with Crippen LogP contribution in [-0.2, 0) is 38.6 Å². The second-order valence-electron chi connectivity index (χ2n) is 23.4. The minimum atomic E-state index is -0.894. The highest BCUT2D eigenvalue weighted by atomic mass is 16.7. The highest BCUT2D eigenvalue weighted by molar-refractivity contribution is 6.02. The molecule has 516 valence electrons. The Kier molecular flexibility index (Phi) is 32.1. The predicted molar refractivity (Wildman–Crippen MR) is 383 cm³/mol. The van der Waals surface area contributed by atoms with E-state index < -0.39 is 11.9 Å². The molecule has 6 aromatic rings. The molecule has 6 aliphatic heterocycles. The van der Waals surface area contributed by atoms with Crippen LogP contribution in [0, 0.1) is 39.4 Å². The SMILES string of the molecule is C.C.[C-]#[N+]c1ccc(C2=NOC(CC)C2)cc1.[C-]#[N+]c1ccc(C2=NO[C@@H](CC(=O)O)C2)cc1.[C-]#[N+]c1ccc(C2=NO[C@H](CC)C2)cc1.[C-]#[N+]c1ccc(C2CC(CC)ON2C)cc1.[C-]#[N+]c1ccc([C@@H]2C[C@H](CC(=O)O)ON2C)cc1.[C-]#[N+]c1ccc([C@H]2C[C@@H](CC)ON2C)cc1. The molecular weight excluding hydrogens is 1250 g/mol. The van der Waals surface area contributed by atoms with Crippen LogP contribution in [0.5, 0.6) is 0 Å². The summed E-state index contributed by atoms with van der Waals surface area (Å²) in [5.74, 6) is -1.74. The topological polar surface area (TPSA) is 203 Å². The van der Waals surface area contributed by atoms with Crippen LogP contribution in [0.15, 0.2) is 161 Å². The Morgan fingerprint density at radius 2 is 0.596 bits per heavy atom. The predicted octanol–water partition coefficient (Wildman–Crippen LogP) is 18.8. The molecule has 12 rings (SSSR count). The summed E-state index contributed by atoms with van der Waals surface area (Å²) in [6, 6.07) is 45.5. The third-order valence-corrected chi connectivity index (χ3v) is 16.8. The second-order valence-corrected chi connectivity index (χ2v) is 23.4. The van der Waals surface area contributed by atoms with E-state index in [9.17, 15) is 9.59 Å². The van der Waals surface area contributed by atoms with Gasteiger partial charge < -0.3 is 24.7 Å². The highest BCUT2D eigenvalue weighted by Gasteiger charge is 2.35. The molecule has 0 aliphatic carbocycles. The Hall–Kier alpha value is -10.6. The van der Waals surface area contributed by atoms with Crippen LogP contribution in [-0.4, -0.2) is 112 Å². The number of rotatable bonds is 14. The zero-order valence-corrected chi connectivity index (χ0v) is 55.6. The monoisotopic (exact) mass is 1340 g/mol. The van der Waals surface area contributed by atoms with E-state index >= 15 is 0 Å². The molecule has 6 aliphatic rings. The summed E-state index contributed by atoms with van der Waals surface area (Å²) in [5.41, 5.74) is 13.0. The fourth-order valence-corrected chi connectivity index (χ4v) is 11.1. The third kappa shape index (κ3) is 23.6. The Morgan fingerprint density at radius 1 is 0.374 bits per heavy atom. The lowest BCUT2D eigenvalue weighted by Gasteiger charge is -2.17. The molecule has 0 aromatic heterocycles. The van der Waals surface area contributed by atoms with Gasteiger partial charge in [-0.25, -0.2) is 29.1 Å². The van der Waals surface area contributed by atoms with Gasteiger partial charge in [-0.1, -0.05) is 204 Å². The lowest BCUT2D eigenvalue weighted by Crippen LogP contribution is -2.18. The van der Waals surface area contributed by atoms with Crippen molar-refractivity contribution in [1.29, 1.82) is 0 Å². The summed E-state index contributed by atoms with van der Waals surface area (Å²) in [7, 11) is 5.75. The summed E-state index contributed by atoms with van der Waals surface area (Å²) in [6.45, 7) is 49.7. The van der Waals surface area contributed by atoms with Crippen molar-refractivity contribution >= 4 is 63.2 Å². The molecule has 0 spiro atoms. The van der Waals surface area contributed by atoms with Crippen LogP contribution >= 0.6 is 0 Å². The lowest BCUT2D eigenvalue weighted by atomic mass is 10.0. The van der Waals surface area contributed by atoms with Crippen LogP contribution in [0.1, 0.15) is 171 Å². The van der Waals surface area contributed by atoms with Gasteiger partial charge in [0.05, 0.1) is 106 Å². The first-order valence-corrected chi connectivity index (χ1v) is 32.1. The lowest BCUT2D eigenvalue weighted by molar-refractivity contribution is -0.159. The molecular formula is C77H88N12O10. The summed E-state index contributed by atoms with van der Waals surface area (Å²) in [4.78, 5) is 73.7. The van der Waals surface area contributed by atoms with E-state index in [0.29, 0.717) is 71.3 Å². The highest BCUT2D eigenvalue weighted by Crippen LogP contribution is 2.37. The molecule has 2 N–H and O–H groups in total. The van der Waals surface area contributed by atoms with Gasteiger partial charge >= 0.3 is 11.9 Å². The number of carbonyl (C=O) groups is 2. The Bertz CT molecular complexity index is 3760. The first-order chi connectivity index (χ1) is 46.9. The number of hydrogen-bond donors (Lipinski definition) is 2. The Balaban J connectivity index is 0.000000214. The van der Waals surface area contributed by atoms with Crippen molar-refractivity contribution in [3.8, 4) is 0 Å². The van der Waals surface area contributed by atoms with Crippen molar-refractivity contribution < 1.29 is 48.8 Å². The van der Waals surface area contributed by atoms with Crippen molar-refractivity contribution in [2.24, 2.45) is 15.5 Å². The summed E-state index contributed by atoms with van der Waals surface area (Å²) >= 11 is 0. The Labute approximate surface area is 583 Å². The maximum Gasteiger partial charge on any atom is 0.307 e. The molecule has 6 heterocycles. The normalized spacial score (nSPS) is 21.5. The average Bonchev–Trinajstić information content (AvgIpc) is 1.72. The number of hydroxylamine groups is 6. The minimum absolute atomic E-state index is 0. The van der Waals surface area contributed by atoms with Crippen LogP contribution in [0.4, 0.5) is 34.1 Å². The van der Waals surface area contributed by atoms with Crippen molar-refractivity contribution in [1.82, 2.24) is 15.2 Å². The van der Waals surface area contributed by atoms with Gasteiger partial charge in [0.1, 0.15) is 18.3 Å². The molecule has 9 atom stereocenters. The van der Waals surface area contributed by atoms with E-state index in [1.807, 2.05) is 133 Å². The number of carboxylic acids is 2. The van der Waals surface area contributed by atoms with Crippen molar-refractivity contribution in [3.05, 3.63) is 247 Å². The molecule has 3 fully saturated rings. The van der Waals surface area contributed by atoms with Gasteiger partial charge in [0.25, 0.3) is 0 Å². The Morgan fingerprint density at radius 3 is 0.828 bits per heavy atom. The van der Waals surface area contributed by atoms with Gasteiger partial charge in [0.2, 0.25) is 0 Å². The van der Waals surface area contributed by atoms with E-state index in [2.05, 4.69) is 72.2 Å². The molecule has 99 heavy (non-hydrogen) atoms. The van der Waals surface area contributed by atoms with Crippen LogP contribution in [0.3, 0.4) is 0 Å². The van der Waals surface area contributed by atoms with E-state index in [1.54, 1.807) is 48.5 Å². The van der Waals surface area contributed by atoms with Crippen LogP contribution < -0.4 is 0 Å². The van der Waals surface area contributed by atoms with Crippen molar-refractivity contribution in [3.63, 3.8) is 0 Å². The fraction of sp³-hybridized carbons (Fsp3) is 0.390. The second kappa shape index (κ2) is 40.2. The van der Waals surface area contributed by atoms with Crippen LogP contribution in [0.25, 0.3) is 29.1 Å². The maximum absolute atomic E-state index is 10.7. The van der Waals surface area contributed by atoms with Gasteiger partial charge in [0.15, 0.2) is 34.1 Å². The zero-order chi connectivity index (χ0) is 69.8. The number of nitrogens with zero attached hydrogens (tertiary/aromatic N) is 12. The molecule has 0 saturated carbocycles. The number of oxime groups is 3. The first kappa shape index (κ1) is 79.1. The smallest absolute Gasteiger partial charge is 0.307 e. The van der Waals surface area contributed by atoms with Gasteiger partial charge in [-0.05, 0) is 78.3 Å². The van der Waals surface area contributed by atoms with Gasteiger partial charge in [-0.15, -0.1) is 0 Å². The summed E-state index contributed by atoms with van der Waals surface area (Å²) in [6.07, 6.45) is 9.39. The van der Waals surface area contributed by atoms with E-state index in [-0.39, 0.29) is 58.2 Å². The molecule has 6 aromatic carbocycles. The number of carboxylic acid groups (broad SMARTS) is 2. The molecule has 22 heteroatoms. The van der Waals surface area contributed by atoms with E-state index in [1.165, 1.54) is 11.1 Å². The molecule has 0 amide bonds. The van der Waals surface area contributed by atoms with Gasteiger partial charge in [-0.2, -0.15) is 15.2 Å². The van der Waals surface area contributed by atoms with E-state index in [0.717, 1.165) is 90.8 Å². The van der Waals surface area contributed by atoms with Crippen molar-refractivity contribution in [2.75, 3.05) is 21.1 Å². The minimum Gasteiger partial charge on any atom is -0.481 e. The number of hydrogen-bond acceptors (Lipinski definition) is 14.